The number of nitrogens with one attached hydrogen (secondary N) is 1. The van der Waals surface area contributed by atoms with Gasteiger partial charge in [-0.1, -0.05) is 25.3 Å². The monoisotopic (exact) mass is 610 g/mol. The lowest BCUT2D eigenvalue weighted by Gasteiger charge is -2.36. The molecule has 1 aliphatic heterocycles. The number of hydrogen-bond donors (Lipinski definition) is 2. The number of pyridine rings is 1. The number of aromatic carboxylic acids is 1. The molecule has 1 aromatic carbocycles. The molecule has 1 aromatic heterocycles. The van der Waals surface area contributed by atoms with Crippen LogP contribution in [-0.2, 0) is 14.3 Å². The molecule has 238 valence electrons. The van der Waals surface area contributed by atoms with Crippen molar-refractivity contribution < 1.29 is 33.4 Å². The summed E-state index contributed by atoms with van der Waals surface area (Å²) in [7, 11) is 1.51. The molecule has 0 spiro atoms. The van der Waals surface area contributed by atoms with Crippen molar-refractivity contribution in [2.45, 2.75) is 96.4 Å². The van der Waals surface area contributed by atoms with Crippen LogP contribution >= 0.6 is 0 Å². The van der Waals surface area contributed by atoms with E-state index in [4.69, 9.17) is 4.74 Å². The van der Waals surface area contributed by atoms with Crippen molar-refractivity contribution in [1.82, 2.24) is 20.1 Å². The molecular formula is C33H43FN4O6. The van der Waals surface area contributed by atoms with E-state index in [0.717, 1.165) is 50.2 Å². The molecular weight excluding hydrogens is 567 g/mol. The number of carbonyl (C=O) groups excluding carboxylic acids is 3. The number of hydrogen-bond acceptors (Lipinski definition) is 6. The topological polar surface area (TPSA) is 129 Å². The second kappa shape index (κ2) is 13.7. The maximum absolute atomic E-state index is 14.3. The van der Waals surface area contributed by atoms with E-state index in [1.165, 1.54) is 24.1 Å². The minimum Gasteiger partial charge on any atom is -0.478 e. The quantitative estimate of drug-likeness (QED) is 0.400. The highest BCUT2D eigenvalue weighted by atomic mass is 19.1. The molecule has 3 unspecified atom stereocenters. The van der Waals surface area contributed by atoms with Crippen LogP contribution in [0.4, 0.5) is 9.18 Å². The second-order valence-corrected chi connectivity index (χ2v) is 12.8. The minimum atomic E-state index is -1.36. The van der Waals surface area contributed by atoms with E-state index in [0.29, 0.717) is 24.1 Å². The van der Waals surface area contributed by atoms with Crippen molar-refractivity contribution >= 4 is 23.9 Å². The largest absolute Gasteiger partial charge is 0.478 e. The molecule has 2 aliphatic rings. The van der Waals surface area contributed by atoms with Gasteiger partial charge in [0.25, 0.3) is 0 Å². The van der Waals surface area contributed by atoms with Gasteiger partial charge in [0, 0.05) is 31.5 Å². The number of amides is 3. The Balaban J connectivity index is 1.57. The second-order valence-electron chi connectivity index (χ2n) is 12.8. The van der Waals surface area contributed by atoms with E-state index in [1.807, 2.05) is 6.07 Å². The molecule has 2 heterocycles. The molecule has 1 saturated carbocycles. The van der Waals surface area contributed by atoms with Crippen LogP contribution in [0.15, 0.2) is 36.7 Å². The lowest BCUT2D eigenvalue weighted by molar-refractivity contribution is -0.140. The Morgan fingerprint density at radius 1 is 1.05 bits per heavy atom. The normalized spacial score (nSPS) is 18.8. The third kappa shape index (κ3) is 7.73. The van der Waals surface area contributed by atoms with Crippen molar-refractivity contribution in [1.29, 1.82) is 0 Å². The molecule has 2 N–H and O–H groups in total. The van der Waals surface area contributed by atoms with Gasteiger partial charge in [0.1, 0.15) is 23.5 Å². The van der Waals surface area contributed by atoms with Gasteiger partial charge in [-0.25, -0.2) is 14.0 Å². The third-order valence-electron chi connectivity index (χ3n) is 8.54. The smallest absolute Gasteiger partial charge is 0.410 e. The number of carboxylic acids is 1. The molecule has 0 radical (unpaired) electrons. The highest BCUT2D eigenvalue weighted by Gasteiger charge is 2.40. The van der Waals surface area contributed by atoms with Crippen molar-refractivity contribution in [3.8, 4) is 11.1 Å². The summed E-state index contributed by atoms with van der Waals surface area (Å²) in [4.78, 5) is 59.3. The molecule has 10 nitrogen and oxygen atoms in total. The van der Waals surface area contributed by atoms with Crippen molar-refractivity contribution in [2.75, 3.05) is 13.6 Å². The Bertz CT molecular complexity index is 1390. The maximum atomic E-state index is 14.3. The zero-order valence-corrected chi connectivity index (χ0v) is 26.1. The first kappa shape index (κ1) is 32.9. The Hall–Kier alpha value is -4.02. The number of carbonyl (C=O) groups is 4. The average molecular weight is 611 g/mol. The van der Waals surface area contributed by atoms with Crippen LogP contribution in [0.1, 0.15) is 94.6 Å². The van der Waals surface area contributed by atoms with Gasteiger partial charge >= 0.3 is 12.1 Å². The molecule has 11 heteroatoms. The molecule has 2 fully saturated rings. The summed E-state index contributed by atoms with van der Waals surface area (Å²) in [6.45, 7) is 7.40. The van der Waals surface area contributed by atoms with Crippen LogP contribution in [0.2, 0.25) is 0 Å². The van der Waals surface area contributed by atoms with Gasteiger partial charge in [-0.05, 0) is 88.6 Å². The number of benzene rings is 1. The SMILES string of the molecule is CC(C(=O)NC(C(=O)N1CCCC1c1cncc(-c2ccc(F)c(C(=O)O)c2)c1)C1CCCCC1)N(C)C(=O)OC(C)(C)C. The predicted molar refractivity (Wildman–Crippen MR) is 162 cm³/mol. The molecule has 4 rings (SSSR count). The number of likely N-dealkylation sites (N-methyl/N-ethyl adjacent to an activating group) is 1. The molecule has 1 saturated heterocycles. The van der Waals surface area contributed by atoms with Gasteiger partial charge in [0.2, 0.25) is 11.8 Å². The molecule has 44 heavy (non-hydrogen) atoms. The van der Waals surface area contributed by atoms with Crippen LogP contribution in [0, 0.1) is 11.7 Å². The number of rotatable bonds is 8. The van der Waals surface area contributed by atoms with Gasteiger partial charge in [0.15, 0.2) is 0 Å². The van der Waals surface area contributed by atoms with Crippen LogP contribution in [0.25, 0.3) is 11.1 Å². The van der Waals surface area contributed by atoms with E-state index in [2.05, 4.69) is 10.3 Å². The summed E-state index contributed by atoms with van der Waals surface area (Å²) >= 11 is 0. The van der Waals surface area contributed by atoms with E-state index < -0.39 is 47.0 Å². The predicted octanol–water partition coefficient (Wildman–Crippen LogP) is 5.57. The number of carboxylic acid groups (broad SMARTS) is 1. The lowest BCUT2D eigenvalue weighted by Crippen LogP contribution is -2.56. The summed E-state index contributed by atoms with van der Waals surface area (Å²) in [5, 5.41) is 12.4. The fourth-order valence-corrected chi connectivity index (χ4v) is 6.01. The Labute approximate surface area is 258 Å². The number of ether oxygens (including phenoxy) is 1. The lowest BCUT2D eigenvalue weighted by atomic mass is 9.83. The average Bonchev–Trinajstić information content (AvgIpc) is 3.48. The zero-order chi connectivity index (χ0) is 32.2. The summed E-state index contributed by atoms with van der Waals surface area (Å²) in [6.07, 6.45) is 8.78. The van der Waals surface area contributed by atoms with Crippen LogP contribution in [0.5, 0.6) is 0 Å². The Kier molecular flexibility index (Phi) is 10.3. The number of nitrogens with zero attached hydrogens (tertiary/aromatic N) is 3. The van der Waals surface area contributed by atoms with Crippen molar-refractivity contribution in [2.24, 2.45) is 5.92 Å². The molecule has 0 bridgehead atoms. The van der Waals surface area contributed by atoms with E-state index in [-0.39, 0.29) is 17.9 Å². The van der Waals surface area contributed by atoms with Crippen LogP contribution in [-0.4, -0.2) is 75.0 Å². The molecule has 3 atom stereocenters. The van der Waals surface area contributed by atoms with E-state index >= 15 is 0 Å². The highest BCUT2D eigenvalue weighted by molar-refractivity contribution is 5.92. The van der Waals surface area contributed by atoms with Crippen molar-refractivity contribution in [3.63, 3.8) is 0 Å². The third-order valence-corrected chi connectivity index (χ3v) is 8.54. The number of likely N-dealkylation sites (tertiary alicyclic amines) is 1. The maximum Gasteiger partial charge on any atom is 0.410 e. The fraction of sp³-hybridized carbons (Fsp3) is 0.545. The fourth-order valence-electron chi connectivity index (χ4n) is 6.01. The molecule has 2 aromatic rings. The van der Waals surface area contributed by atoms with E-state index in [1.54, 1.807) is 45.0 Å². The van der Waals surface area contributed by atoms with Crippen LogP contribution < -0.4 is 5.32 Å². The van der Waals surface area contributed by atoms with Crippen LogP contribution in [0.3, 0.4) is 0 Å². The first-order valence-corrected chi connectivity index (χ1v) is 15.3. The van der Waals surface area contributed by atoms with Crippen molar-refractivity contribution in [3.05, 3.63) is 53.6 Å². The summed E-state index contributed by atoms with van der Waals surface area (Å²) < 4.78 is 19.5. The van der Waals surface area contributed by atoms with Gasteiger partial charge in [-0.15, -0.1) is 0 Å². The van der Waals surface area contributed by atoms with Gasteiger partial charge in [-0.3, -0.25) is 19.5 Å². The Morgan fingerprint density at radius 3 is 2.41 bits per heavy atom. The van der Waals surface area contributed by atoms with Gasteiger partial charge in [0.05, 0.1) is 11.6 Å². The first-order chi connectivity index (χ1) is 20.8. The number of halogens is 1. The molecule has 3 amide bonds. The minimum absolute atomic E-state index is 0.0291. The highest BCUT2D eigenvalue weighted by Crippen LogP contribution is 2.36. The zero-order valence-electron chi connectivity index (χ0n) is 26.1. The summed E-state index contributed by atoms with van der Waals surface area (Å²) in [5.74, 6) is -2.80. The molecule has 1 aliphatic carbocycles. The first-order valence-electron chi connectivity index (χ1n) is 15.3. The van der Waals surface area contributed by atoms with E-state index in [9.17, 15) is 28.7 Å². The van der Waals surface area contributed by atoms with Gasteiger partial charge < -0.3 is 20.1 Å². The Morgan fingerprint density at radius 2 is 1.75 bits per heavy atom. The standard InChI is InChI=1S/C33H43FN4O6/c1-20(37(5)32(43)44-33(2,3)4)29(39)36-28(21-10-7-6-8-11-21)30(40)38-15-9-12-27(38)24-16-23(18-35-19-24)22-13-14-26(34)25(17-22)31(41)42/h13-14,16-21,27-28H,6-12,15H2,1-5H3,(H,36,39)(H,41,42). The summed E-state index contributed by atoms with van der Waals surface area (Å²) in [5.41, 5.74) is 0.753. The summed E-state index contributed by atoms with van der Waals surface area (Å²) in [6, 6.07) is 3.86. The number of aromatic nitrogens is 1. The van der Waals surface area contributed by atoms with Gasteiger partial charge in [-0.2, -0.15) is 0 Å².